The van der Waals surface area contributed by atoms with Gasteiger partial charge in [0.15, 0.2) is 0 Å². The van der Waals surface area contributed by atoms with Gasteiger partial charge in [-0.3, -0.25) is 0 Å². The second-order valence-electron chi connectivity index (χ2n) is 5.53. The van der Waals surface area contributed by atoms with Crippen molar-refractivity contribution in [1.82, 2.24) is 9.21 Å². The van der Waals surface area contributed by atoms with Gasteiger partial charge < -0.3 is 10.0 Å². The van der Waals surface area contributed by atoms with Gasteiger partial charge in [-0.2, -0.15) is 0 Å². The molecule has 1 aliphatic heterocycles. The van der Waals surface area contributed by atoms with Crippen molar-refractivity contribution in [1.29, 1.82) is 0 Å². The Balaban J connectivity index is 2.53. The first-order valence-electron chi connectivity index (χ1n) is 6.64. The van der Waals surface area contributed by atoms with Gasteiger partial charge in [-0.15, -0.1) is 0 Å². The van der Waals surface area contributed by atoms with Crippen molar-refractivity contribution in [3.8, 4) is 0 Å². The number of aliphatic hydroxyl groups is 1. The van der Waals surface area contributed by atoms with E-state index in [-0.39, 0.29) is 5.75 Å². The summed E-state index contributed by atoms with van der Waals surface area (Å²) < 4.78 is 25.6. The van der Waals surface area contributed by atoms with E-state index in [1.165, 1.54) is 4.31 Å². The quantitative estimate of drug-likeness (QED) is 0.769. The molecule has 0 saturated carbocycles. The summed E-state index contributed by atoms with van der Waals surface area (Å²) in [4.78, 5) is 1.95. The molecule has 0 unspecified atom stereocenters. The van der Waals surface area contributed by atoms with Gasteiger partial charge in [-0.1, -0.05) is 13.3 Å². The largest absolute Gasteiger partial charge is 0.388 e. The second-order valence-corrected chi connectivity index (χ2v) is 7.62. The zero-order valence-corrected chi connectivity index (χ0v) is 12.5. The lowest BCUT2D eigenvalue weighted by molar-refractivity contribution is -0.0234. The molecule has 0 amide bonds. The van der Waals surface area contributed by atoms with Gasteiger partial charge >= 0.3 is 0 Å². The standard InChI is InChI=1S/C12H26N2O3S/c1-4-5-10-18(16,17)14-8-6-12(15,7-9-14)11-13(2)3/h15H,4-11H2,1-3H3. The van der Waals surface area contributed by atoms with Gasteiger partial charge in [0.05, 0.1) is 11.4 Å². The number of nitrogens with zero attached hydrogens (tertiary/aromatic N) is 2. The van der Waals surface area contributed by atoms with E-state index in [0.29, 0.717) is 38.9 Å². The molecule has 6 heteroatoms. The molecule has 0 aromatic rings. The van der Waals surface area contributed by atoms with E-state index in [2.05, 4.69) is 0 Å². The smallest absolute Gasteiger partial charge is 0.214 e. The predicted molar refractivity (Wildman–Crippen MR) is 73.0 cm³/mol. The fourth-order valence-electron chi connectivity index (χ4n) is 2.38. The van der Waals surface area contributed by atoms with Crippen LogP contribution in [0, 0.1) is 0 Å². The molecule has 108 valence electrons. The lowest BCUT2D eigenvalue weighted by atomic mass is 9.92. The molecule has 0 radical (unpaired) electrons. The van der Waals surface area contributed by atoms with Gasteiger partial charge in [-0.25, -0.2) is 12.7 Å². The van der Waals surface area contributed by atoms with E-state index in [9.17, 15) is 13.5 Å². The summed E-state index contributed by atoms with van der Waals surface area (Å²) in [6, 6.07) is 0. The maximum absolute atomic E-state index is 12.0. The van der Waals surface area contributed by atoms with Gasteiger partial charge in [-0.05, 0) is 33.4 Å². The van der Waals surface area contributed by atoms with Crippen molar-refractivity contribution < 1.29 is 13.5 Å². The van der Waals surface area contributed by atoms with Crippen LogP contribution in [0.5, 0.6) is 0 Å². The van der Waals surface area contributed by atoms with Crippen molar-refractivity contribution in [2.24, 2.45) is 0 Å². The zero-order valence-electron chi connectivity index (χ0n) is 11.7. The highest BCUT2D eigenvalue weighted by atomic mass is 32.2. The molecule has 1 rings (SSSR count). The van der Waals surface area contributed by atoms with Gasteiger partial charge in [0.2, 0.25) is 10.0 Å². The third-order valence-electron chi connectivity index (χ3n) is 3.41. The first-order chi connectivity index (χ1) is 8.29. The van der Waals surface area contributed by atoms with Crippen LogP contribution < -0.4 is 0 Å². The number of likely N-dealkylation sites (N-methyl/N-ethyl adjacent to an activating group) is 1. The van der Waals surface area contributed by atoms with Crippen molar-refractivity contribution in [2.45, 2.75) is 38.2 Å². The lowest BCUT2D eigenvalue weighted by Crippen LogP contribution is -2.51. The van der Waals surface area contributed by atoms with Gasteiger partial charge in [0.25, 0.3) is 0 Å². The van der Waals surface area contributed by atoms with Crippen LogP contribution in [0.3, 0.4) is 0 Å². The Morgan fingerprint density at radius 2 is 1.83 bits per heavy atom. The summed E-state index contributed by atoms with van der Waals surface area (Å²) in [5.41, 5.74) is -0.736. The molecule has 5 nitrogen and oxygen atoms in total. The Morgan fingerprint density at radius 3 is 2.28 bits per heavy atom. The summed E-state index contributed by atoms with van der Waals surface area (Å²) >= 11 is 0. The molecule has 1 heterocycles. The van der Waals surface area contributed by atoms with Crippen LogP contribution in [0.25, 0.3) is 0 Å². The lowest BCUT2D eigenvalue weighted by Gasteiger charge is -2.39. The fourth-order valence-corrected chi connectivity index (χ4v) is 4.03. The summed E-state index contributed by atoms with van der Waals surface area (Å²) in [6.07, 6.45) is 2.64. The van der Waals surface area contributed by atoms with E-state index < -0.39 is 15.6 Å². The van der Waals surface area contributed by atoms with Crippen LogP contribution in [0.2, 0.25) is 0 Å². The number of sulfonamides is 1. The minimum atomic E-state index is -3.12. The van der Waals surface area contributed by atoms with Crippen LogP contribution in [0.15, 0.2) is 0 Å². The Hall–Kier alpha value is -0.170. The molecule has 0 spiro atoms. The molecule has 1 aliphatic rings. The third-order valence-corrected chi connectivity index (χ3v) is 5.37. The Bertz CT molecular complexity index is 346. The average molecular weight is 278 g/mol. The highest BCUT2D eigenvalue weighted by Crippen LogP contribution is 2.24. The van der Waals surface area contributed by atoms with E-state index in [1.54, 1.807) is 0 Å². The van der Waals surface area contributed by atoms with Crippen molar-refractivity contribution in [3.63, 3.8) is 0 Å². The number of hydrogen-bond acceptors (Lipinski definition) is 4. The second kappa shape index (κ2) is 6.32. The molecule has 18 heavy (non-hydrogen) atoms. The molecule has 1 saturated heterocycles. The number of unbranched alkanes of at least 4 members (excludes halogenated alkanes) is 1. The topological polar surface area (TPSA) is 60.9 Å². The van der Waals surface area contributed by atoms with Crippen molar-refractivity contribution >= 4 is 10.0 Å². The molecule has 1 fully saturated rings. The zero-order chi connectivity index (χ0) is 13.8. The molecule has 0 aromatic carbocycles. The van der Waals surface area contributed by atoms with Crippen LogP contribution >= 0.6 is 0 Å². The maximum Gasteiger partial charge on any atom is 0.214 e. The van der Waals surface area contributed by atoms with Crippen LogP contribution in [0.1, 0.15) is 32.6 Å². The number of hydrogen-bond donors (Lipinski definition) is 1. The van der Waals surface area contributed by atoms with Crippen LogP contribution in [0.4, 0.5) is 0 Å². The summed E-state index contributed by atoms with van der Waals surface area (Å²) in [5.74, 6) is 0.232. The number of piperidine rings is 1. The average Bonchev–Trinajstić information content (AvgIpc) is 2.25. The molecule has 0 atom stereocenters. The van der Waals surface area contributed by atoms with E-state index in [1.807, 2.05) is 25.9 Å². The molecule has 0 aromatic heterocycles. The Morgan fingerprint density at radius 1 is 1.28 bits per heavy atom. The summed E-state index contributed by atoms with van der Waals surface area (Å²) in [5, 5.41) is 10.3. The highest BCUT2D eigenvalue weighted by Gasteiger charge is 2.36. The van der Waals surface area contributed by atoms with Crippen LogP contribution in [-0.2, 0) is 10.0 Å². The predicted octanol–water partition coefficient (Wildman–Crippen LogP) is 0.505. The summed E-state index contributed by atoms with van der Waals surface area (Å²) in [6.45, 7) is 3.46. The molecule has 0 bridgehead atoms. The SMILES string of the molecule is CCCCS(=O)(=O)N1CCC(O)(CN(C)C)CC1. The van der Waals surface area contributed by atoms with Crippen LogP contribution in [-0.4, -0.2) is 67.8 Å². The fraction of sp³-hybridized carbons (Fsp3) is 1.00. The van der Waals surface area contributed by atoms with E-state index in [4.69, 9.17) is 0 Å². The molecule has 1 N–H and O–H groups in total. The monoisotopic (exact) mass is 278 g/mol. The van der Waals surface area contributed by atoms with Crippen molar-refractivity contribution in [3.05, 3.63) is 0 Å². The first kappa shape index (κ1) is 15.9. The highest BCUT2D eigenvalue weighted by molar-refractivity contribution is 7.89. The minimum absolute atomic E-state index is 0.232. The maximum atomic E-state index is 12.0. The minimum Gasteiger partial charge on any atom is -0.388 e. The Kier molecular flexibility index (Phi) is 5.58. The first-order valence-corrected chi connectivity index (χ1v) is 8.25. The Labute approximate surface area is 111 Å². The van der Waals surface area contributed by atoms with E-state index in [0.717, 1.165) is 6.42 Å². The third kappa shape index (κ3) is 4.50. The molecule has 0 aliphatic carbocycles. The molecular formula is C12H26N2O3S. The van der Waals surface area contributed by atoms with E-state index >= 15 is 0 Å². The number of rotatable bonds is 6. The molecular weight excluding hydrogens is 252 g/mol. The van der Waals surface area contributed by atoms with Gasteiger partial charge in [0.1, 0.15) is 0 Å². The van der Waals surface area contributed by atoms with Gasteiger partial charge in [0, 0.05) is 19.6 Å². The van der Waals surface area contributed by atoms with Crippen molar-refractivity contribution in [2.75, 3.05) is 39.5 Å². The normalized spacial score (nSPS) is 21.4. The summed E-state index contributed by atoms with van der Waals surface area (Å²) in [7, 11) is 0.722.